The van der Waals surface area contributed by atoms with Gasteiger partial charge in [0, 0.05) is 10.8 Å². The van der Waals surface area contributed by atoms with Crippen molar-refractivity contribution in [3.05, 3.63) is 58.1 Å². The number of carbonyl (C=O) groups excluding carboxylic acids is 1. The van der Waals surface area contributed by atoms with Gasteiger partial charge in [-0.1, -0.05) is 23.2 Å². The van der Waals surface area contributed by atoms with Gasteiger partial charge < -0.3 is 5.32 Å². The average Bonchev–Trinajstić information content (AvgIpc) is 2.33. The third kappa shape index (κ3) is 3.13. The van der Waals surface area contributed by atoms with Crippen LogP contribution in [-0.4, -0.2) is 11.1 Å². The van der Waals surface area contributed by atoms with Crippen LogP contribution in [0.25, 0.3) is 0 Å². The summed E-state index contributed by atoms with van der Waals surface area (Å²) in [5, 5.41) is 11.7. The summed E-state index contributed by atoms with van der Waals surface area (Å²) in [5.74, 6) is -1.47. The predicted molar refractivity (Wildman–Crippen MR) is 68.2 cm³/mol. The molecule has 1 aromatic carbocycles. The van der Waals surface area contributed by atoms with Crippen LogP contribution in [0.1, 0.15) is 10.4 Å². The van der Waals surface area contributed by atoms with Crippen LogP contribution < -0.4 is 10.0 Å². The summed E-state index contributed by atoms with van der Waals surface area (Å²) in [4.78, 5) is 11.9. The second-order valence-corrected chi connectivity index (χ2v) is 4.49. The van der Waals surface area contributed by atoms with Crippen LogP contribution in [0.5, 0.6) is 0 Å². The topological polar surface area (TPSA) is 53.2 Å². The molecule has 0 unspecified atom stereocenters. The van der Waals surface area contributed by atoms with Crippen molar-refractivity contribution >= 4 is 34.8 Å². The number of halogens is 3. The number of benzene rings is 1. The Morgan fingerprint density at radius 3 is 2.68 bits per heavy atom. The van der Waals surface area contributed by atoms with E-state index in [-0.39, 0.29) is 15.6 Å². The van der Waals surface area contributed by atoms with Crippen molar-refractivity contribution in [1.29, 1.82) is 0 Å². The lowest BCUT2D eigenvalue weighted by molar-refractivity contribution is -0.904. The van der Waals surface area contributed by atoms with E-state index < -0.39 is 11.7 Å². The van der Waals surface area contributed by atoms with Gasteiger partial charge in [0.1, 0.15) is 11.5 Å². The highest BCUT2D eigenvalue weighted by Crippen LogP contribution is 2.25. The maximum Gasteiger partial charge on any atom is 0.258 e. The molecular formula is C12H8Cl2FN2O2+. The normalized spacial score (nSPS) is 10.3. The van der Waals surface area contributed by atoms with Gasteiger partial charge in [-0.3, -0.25) is 10.0 Å². The number of aromatic nitrogens is 1. The first-order valence-electron chi connectivity index (χ1n) is 5.14. The average molecular weight is 302 g/mol. The smallest absolute Gasteiger partial charge is 0.258 e. The summed E-state index contributed by atoms with van der Waals surface area (Å²) in [5.41, 5.74) is 0.0724. The summed E-state index contributed by atoms with van der Waals surface area (Å²) in [7, 11) is 0. The molecule has 1 amide bonds. The highest BCUT2D eigenvalue weighted by molar-refractivity contribution is 6.42. The fourth-order valence-corrected chi connectivity index (χ4v) is 1.75. The summed E-state index contributed by atoms with van der Waals surface area (Å²) >= 11 is 11.4. The van der Waals surface area contributed by atoms with Crippen molar-refractivity contribution in [1.82, 2.24) is 0 Å². The molecule has 0 aliphatic heterocycles. The van der Waals surface area contributed by atoms with Crippen molar-refractivity contribution < 1.29 is 19.1 Å². The second-order valence-electron chi connectivity index (χ2n) is 3.67. The standard InChI is InChI=1S/C12H7Cl2FN2O2/c13-9-4-8(11(15)5-10(9)14)12(18)16-7-2-1-3-17(19)6-7/h1-6H,(H-,16,18,19)/p+1. The number of carbonyl (C=O) groups is 1. The van der Waals surface area contributed by atoms with Gasteiger partial charge in [-0.05, 0) is 18.2 Å². The Labute approximate surface area is 118 Å². The Bertz CT molecular complexity index is 650. The molecule has 2 rings (SSSR count). The minimum atomic E-state index is -0.778. The molecule has 2 N–H and O–H groups in total. The zero-order valence-electron chi connectivity index (χ0n) is 9.40. The lowest BCUT2D eigenvalue weighted by Gasteiger charge is -2.06. The fourth-order valence-electron chi connectivity index (χ4n) is 1.43. The first-order chi connectivity index (χ1) is 8.97. The van der Waals surface area contributed by atoms with E-state index in [1.807, 2.05) is 0 Å². The number of rotatable bonds is 2. The fraction of sp³-hybridized carbons (Fsp3) is 0. The molecule has 1 aromatic heterocycles. The van der Waals surface area contributed by atoms with E-state index in [0.29, 0.717) is 5.69 Å². The van der Waals surface area contributed by atoms with Gasteiger partial charge >= 0.3 is 0 Å². The van der Waals surface area contributed by atoms with Gasteiger partial charge in [0.05, 0.1) is 15.6 Å². The van der Waals surface area contributed by atoms with Crippen LogP contribution >= 0.6 is 23.2 Å². The van der Waals surface area contributed by atoms with Crippen LogP contribution in [0.15, 0.2) is 36.7 Å². The Kier molecular flexibility index (Phi) is 3.87. The van der Waals surface area contributed by atoms with E-state index in [0.717, 1.165) is 16.9 Å². The minimum Gasteiger partial charge on any atom is -0.317 e. The number of anilines is 1. The molecule has 0 bridgehead atoms. The highest BCUT2D eigenvalue weighted by Gasteiger charge is 2.15. The minimum absolute atomic E-state index is 0.0311. The SMILES string of the molecule is O=C(Nc1ccc[n+](O)c1)c1cc(Cl)c(Cl)cc1F. The zero-order valence-corrected chi connectivity index (χ0v) is 10.9. The van der Waals surface area contributed by atoms with Crippen LogP contribution in [0, 0.1) is 5.82 Å². The highest BCUT2D eigenvalue weighted by atomic mass is 35.5. The molecule has 19 heavy (non-hydrogen) atoms. The monoisotopic (exact) mass is 301 g/mol. The van der Waals surface area contributed by atoms with E-state index in [1.165, 1.54) is 18.5 Å². The number of amides is 1. The summed E-state index contributed by atoms with van der Waals surface area (Å²) in [6, 6.07) is 5.17. The van der Waals surface area contributed by atoms with Crippen molar-refractivity contribution in [2.24, 2.45) is 0 Å². The molecule has 0 atom stereocenters. The summed E-state index contributed by atoms with van der Waals surface area (Å²) < 4.78 is 14.4. The maximum absolute atomic E-state index is 13.6. The van der Waals surface area contributed by atoms with Gasteiger partial charge in [0.15, 0.2) is 0 Å². The third-order valence-corrected chi connectivity index (χ3v) is 3.02. The molecule has 2 aromatic rings. The molecule has 0 saturated carbocycles. The van der Waals surface area contributed by atoms with E-state index in [4.69, 9.17) is 23.2 Å². The van der Waals surface area contributed by atoms with Crippen LogP contribution in [0.3, 0.4) is 0 Å². The Hall–Kier alpha value is -1.85. The number of hydrogen-bond donors (Lipinski definition) is 2. The summed E-state index contributed by atoms with van der Waals surface area (Å²) in [6.07, 6.45) is 2.63. The number of nitrogens with zero attached hydrogens (tertiary/aromatic N) is 1. The second kappa shape index (κ2) is 5.42. The molecule has 0 spiro atoms. The van der Waals surface area contributed by atoms with Gasteiger partial charge in [-0.15, -0.1) is 0 Å². The van der Waals surface area contributed by atoms with Crippen LogP contribution in [-0.2, 0) is 0 Å². The molecule has 0 radical (unpaired) electrons. The van der Waals surface area contributed by atoms with Gasteiger partial charge in [0.25, 0.3) is 5.91 Å². The van der Waals surface area contributed by atoms with Gasteiger partial charge in [0.2, 0.25) is 12.4 Å². The zero-order chi connectivity index (χ0) is 14.0. The molecule has 0 fully saturated rings. The molecule has 1 heterocycles. The first kappa shape index (κ1) is 13.6. The largest absolute Gasteiger partial charge is 0.317 e. The van der Waals surface area contributed by atoms with Crippen molar-refractivity contribution in [3.63, 3.8) is 0 Å². The number of hydrogen-bond acceptors (Lipinski definition) is 2. The number of nitrogens with one attached hydrogen (secondary N) is 1. The lowest BCUT2D eigenvalue weighted by atomic mass is 10.2. The molecule has 98 valence electrons. The van der Waals surface area contributed by atoms with E-state index in [2.05, 4.69) is 5.32 Å². The Morgan fingerprint density at radius 2 is 2.00 bits per heavy atom. The Balaban J connectivity index is 2.28. The van der Waals surface area contributed by atoms with Crippen LogP contribution in [0.4, 0.5) is 10.1 Å². The molecule has 0 saturated heterocycles. The van der Waals surface area contributed by atoms with E-state index in [1.54, 1.807) is 6.07 Å². The van der Waals surface area contributed by atoms with Crippen LogP contribution in [0.2, 0.25) is 10.0 Å². The molecular weight excluding hydrogens is 294 g/mol. The lowest BCUT2D eigenvalue weighted by Crippen LogP contribution is -2.29. The first-order valence-corrected chi connectivity index (χ1v) is 5.89. The quantitative estimate of drug-likeness (QED) is 0.509. The van der Waals surface area contributed by atoms with Gasteiger partial charge in [-0.2, -0.15) is 0 Å². The van der Waals surface area contributed by atoms with Crippen molar-refractivity contribution in [2.75, 3.05) is 5.32 Å². The van der Waals surface area contributed by atoms with Crippen molar-refractivity contribution in [3.8, 4) is 0 Å². The predicted octanol–water partition coefficient (Wildman–Crippen LogP) is 2.91. The third-order valence-electron chi connectivity index (χ3n) is 2.30. The summed E-state index contributed by atoms with van der Waals surface area (Å²) in [6.45, 7) is 0. The molecule has 0 aliphatic rings. The molecule has 7 heteroatoms. The van der Waals surface area contributed by atoms with E-state index in [9.17, 15) is 14.4 Å². The Morgan fingerprint density at radius 1 is 1.32 bits per heavy atom. The molecule has 0 aliphatic carbocycles. The maximum atomic E-state index is 13.6. The van der Waals surface area contributed by atoms with E-state index >= 15 is 0 Å². The van der Waals surface area contributed by atoms with Crippen molar-refractivity contribution in [2.45, 2.75) is 0 Å². The van der Waals surface area contributed by atoms with Gasteiger partial charge in [-0.25, -0.2) is 4.39 Å². The number of pyridine rings is 1. The molecule has 4 nitrogen and oxygen atoms in total.